The average Bonchev–Trinajstić information content (AvgIpc) is 3.13. The molecule has 108 valence electrons. The number of furan rings is 1. The Kier molecular flexibility index (Phi) is 3.39. The summed E-state index contributed by atoms with van der Waals surface area (Å²) in [4.78, 5) is 0. The molecule has 0 saturated carbocycles. The lowest BCUT2D eigenvalue weighted by atomic mass is 10.0. The lowest BCUT2D eigenvalue weighted by Gasteiger charge is -2.04. The zero-order valence-corrected chi connectivity index (χ0v) is 11.9. The molecule has 0 amide bonds. The van der Waals surface area contributed by atoms with Crippen LogP contribution in [0.2, 0.25) is 0 Å². The maximum absolute atomic E-state index is 5.97. The third kappa shape index (κ3) is 2.27. The van der Waals surface area contributed by atoms with E-state index in [9.17, 15) is 0 Å². The molecule has 1 aromatic carbocycles. The van der Waals surface area contributed by atoms with E-state index in [-0.39, 0.29) is 0 Å². The Morgan fingerprint density at radius 2 is 1.95 bits per heavy atom. The van der Waals surface area contributed by atoms with Crippen molar-refractivity contribution >= 4 is 5.82 Å². The Labute approximate surface area is 122 Å². The maximum atomic E-state index is 5.97. The molecule has 2 aromatic heterocycles. The number of ether oxygens (including phenoxy) is 1. The van der Waals surface area contributed by atoms with Gasteiger partial charge in [0.15, 0.2) is 11.6 Å². The highest BCUT2D eigenvalue weighted by molar-refractivity contribution is 5.87. The Hall–Kier alpha value is -2.69. The van der Waals surface area contributed by atoms with Crippen molar-refractivity contribution < 1.29 is 13.7 Å². The summed E-state index contributed by atoms with van der Waals surface area (Å²) in [6.45, 7) is 2.02. The van der Waals surface area contributed by atoms with E-state index in [0.717, 1.165) is 34.6 Å². The van der Waals surface area contributed by atoms with Crippen molar-refractivity contribution in [3.8, 4) is 28.2 Å². The fourth-order valence-electron chi connectivity index (χ4n) is 2.34. The van der Waals surface area contributed by atoms with Gasteiger partial charge in [0.1, 0.15) is 11.5 Å². The van der Waals surface area contributed by atoms with Gasteiger partial charge in [-0.25, -0.2) is 0 Å². The number of rotatable bonds is 4. The highest BCUT2D eigenvalue weighted by Crippen LogP contribution is 2.38. The molecule has 0 spiro atoms. The van der Waals surface area contributed by atoms with Crippen LogP contribution >= 0.6 is 0 Å². The number of hydrogen-bond donors (Lipinski definition) is 1. The molecule has 2 N–H and O–H groups in total. The van der Waals surface area contributed by atoms with Gasteiger partial charge in [-0.15, -0.1) is 0 Å². The van der Waals surface area contributed by atoms with Crippen LogP contribution in [0.5, 0.6) is 5.75 Å². The lowest BCUT2D eigenvalue weighted by molar-refractivity contribution is 0.415. The Bertz CT molecular complexity index is 741. The van der Waals surface area contributed by atoms with E-state index in [1.807, 2.05) is 37.3 Å². The molecule has 5 heteroatoms. The smallest absolute Gasteiger partial charge is 0.180 e. The zero-order valence-electron chi connectivity index (χ0n) is 11.9. The van der Waals surface area contributed by atoms with Gasteiger partial charge >= 0.3 is 0 Å². The van der Waals surface area contributed by atoms with E-state index in [1.165, 1.54) is 0 Å². The quantitative estimate of drug-likeness (QED) is 0.789. The summed E-state index contributed by atoms with van der Waals surface area (Å²) in [5, 5.41) is 3.90. The van der Waals surface area contributed by atoms with Crippen LogP contribution in [0.1, 0.15) is 12.7 Å². The number of nitrogen functional groups attached to an aromatic ring is 1. The summed E-state index contributed by atoms with van der Waals surface area (Å²) in [6.07, 6.45) is 2.41. The number of aromatic nitrogens is 1. The monoisotopic (exact) mass is 284 g/mol. The first kappa shape index (κ1) is 13.3. The van der Waals surface area contributed by atoms with Crippen LogP contribution in [-0.2, 0) is 6.42 Å². The second kappa shape index (κ2) is 5.36. The predicted octanol–water partition coefficient (Wildman–Crippen LogP) is 3.75. The molecule has 5 nitrogen and oxygen atoms in total. The van der Waals surface area contributed by atoms with Crippen molar-refractivity contribution in [1.82, 2.24) is 5.16 Å². The summed E-state index contributed by atoms with van der Waals surface area (Å²) in [7, 11) is 1.63. The summed E-state index contributed by atoms with van der Waals surface area (Å²) in [5.41, 5.74) is 8.55. The zero-order chi connectivity index (χ0) is 14.8. The molecule has 0 aliphatic carbocycles. The summed E-state index contributed by atoms with van der Waals surface area (Å²) < 4.78 is 16.1. The first-order valence-electron chi connectivity index (χ1n) is 6.71. The van der Waals surface area contributed by atoms with Gasteiger partial charge < -0.3 is 19.4 Å². The molecule has 2 heterocycles. The fraction of sp³-hybridized carbons (Fsp3) is 0.188. The second-order valence-corrected chi connectivity index (χ2v) is 4.61. The van der Waals surface area contributed by atoms with Crippen LogP contribution < -0.4 is 10.5 Å². The highest BCUT2D eigenvalue weighted by Gasteiger charge is 2.21. The Morgan fingerprint density at radius 1 is 1.19 bits per heavy atom. The van der Waals surface area contributed by atoms with Gasteiger partial charge in [-0.2, -0.15) is 0 Å². The number of nitrogens with two attached hydrogens (primary N) is 1. The minimum absolute atomic E-state index is 0.360. The normalized spacial score (nSPS) is 10.8. The van der Waals surface area contributed by atoms with Gasteiger partial charge in [0.2, 0.25) is 0 Å². The molecule has 0 aliphatic heterocycles. The number of hydrogen-bond acceptors (Lipinski definition) is 5. The van der Waals surface area contributed by atoms with Crippen LogP contribution in [-0.4, -0.2) is 12.3 Å². The van der Waals surface area contributed by atoms with Gasteiger partial charge in [-0.1, -0.05) is 24.2 Å². The first-order valence-corrected chi connectivity index (χ1v) is 6.71. The van der Waals surface area contributed by atoms with Crippen molar-refractivity contribution in [2.45, 2.75) is 13.3 Å². The van der Waals surface area contributed by atoms with Gasteiger partial charge in [-0.3, -0.25) is 0 Å². The van der Waals surface area contributed by atoms with Crippen LogP contribution in [0, 0.1) is 0 Å². The third-order valence-corrected chi connectivity index (χ3v) is 3.41. The minimum Gasteiger partial charge on any atom is -0.497 e. The fourth-order valence-corrected chi connectivity index (χ4v) is 2.34. The second-order valence-electron chi connectivity index (χ2n) is 4.61. The van der Waals surface area contributed by atoms with Crippen molar-refractivity contribution in [2.75, 3.05) is 12.8 Å². The molecule has 3 rings (SSSR count). The van der Waals surface area contributed by atoms with E-state index in [0.29, 0.717) is 11.6 Å². The SMILES string of the molecule is CCc1occc1-c1onc(N)c1-c1ccc(OC)cc1. The van der Waals surface area contributed by atoms with E-state index < -0.39 is 0 Å². The number of anilines is 1. The lowest BCUT2D eigenvalue weighted by Crippen LogP contribution is -1.90. The van der Waals surface area contributed by atoms with Gasteiger partial charge in [0.25, 0.3) is 0 Å². The van der Waals surface area contributed by atoms with E-state index >= 15 is 0 Å². The van der Waals surface area contributed by atoms with Gasteiger partial charge in [-0.05, 0) is 23.8 Å². The van der Waals surface area contributed by atoms with Crippen LogP contribution in [0.15, 0.2) is 45.5 Å². The summed E-state index contributed by atoms with van der Waals surface area (Å²) in [5.74, 6) is 2.62. The van der Waals surface area contributed by atoms with E-state index in [4.69, 9.17) is 19.4 Å². The van der Waals surface area contributed by atoms with Crippen molar-refractivity contribution in [3.05, 3.63) is 42.4 Å². The summed E-state index contributed by atoms with van der Waals surface area (Å²) >= 11 is 0. The molecule has 0 saturated heterocycles. The molecule has 0 atom stereocenters. The maximum Gasteiger partial charge on any atom is 0.180 e. The van der Waals surface area contributed by atoms with Crippen LogP contribution in [0.3, 0.4) is 0 Å². The van der Waals surface area contributed by atoms with Crippen LogP contribution in [0.4, 0.5) is 5.82 Å². The molecular formula is C16H16N2O3. The molecule has 21 heavy (non-hydrogen) atoms. The number of nitrogens with zero attached hydrogens (tertiary/aromatic N) is 1. The average molecular weight is 284 g/mol. The third-order valence-electron chi connectivity index (χ3n) is 3.41. The van der Waals surface area contributed by atoms with Gasteiger partial charge in [0, 0.05) is 6.42 Å². The van der Waals surface area contributed by atoms with Gasteiger partial charge in [0.05, 0.1) is 24.5 Å². The molecule has 0 radical (unpaired) electrons. The molecule has 0 unspecified atom stereocenters. The molecule has 0 fully saturated rings. The molecule has 3 aromatic rings. The highest BCUT2D eigenvalue weighted by atomic mass is 16.5. The number of benzene rings is 1. The van der Waals surface area contributed by atoms with Crippen molar-refractivity contribution in [3.63, 3.8) is 0 Å². The van der Waals surface area contributed by atoms with E-state index in [1.54, 1.807) is 13.4 Å². The van der Waals surface area contributed by atoms with E-state index in [2.05, 4.69) is 5.16 Å². The number of aryl methyl sites for hydroxylation is 1. The molecule has 0 aliphatic rings. The standard InChI is InChI=1S/C16H16N2O3/c1-3-13-12(8-9-20-13)15-14(16(17)18-21-15)10-4-6-11(19-2)7-5-10/h4-9H,3H2,1-2H3,(H2,17,18). The minimum atomic E-state index is 0.360. The number of methoxy groups -OCH3 is 1. The Balaban J connectivity index is 2.12. The van der Waals surface area contributed by atoms with Crippen molar-refractivity contribution in [1.29, 1.82) is 0 Å². The Morgan fingerprint density at radius 3 is 2.62 bits per heavy atom. The van der Waals surface area contributed by atoms with Crippen LogP contribution in [0.25, 0.3) is 22.5 Å². The molecular weight excluding hydrogens is 268 g/mol. The topological polar surface area (TPSA) is 74.4 Å². The first-order chi connectivity index (χ1) is 10.2. The van der Waals surface area contributed by atoms with Crippen molar-refractivity contribution in [2.24, 2.45) is 0 Å². The largest absolute Gasteiger partial charge is 0.497 e. The molecule has 0 bridgehead atoms. The predicted molar refractivity (Wildman–Crippen MR) is 80.0 cm³/mol. The summed E-state index contributed by atoms with van der Waals surface area (Å²) in [6, 6.07) is 9.48.